The fraction of sp³-hybridized carbons (Fsp3) is 0.923. The van der Waals surface area contributed by atoms with E-state index in [9.17, 15) is 17.8 Å². The molecule has 0 N–H and O–H groups in total. The maximum atomic E-state index is 11.6. The highest BCUT2D eigenvalue weighted by atomic mass is 32.2. The van der Waals surface area contributed by atoms with E-state index in [4.69, 9.17) is 0 Å². The third-order valence-corrected chi connectivity index (χ3v) is 4.91. The van der Waals surface area contributed by atoms with Crippen LogP contribution < -0.4 is 0 Å². The first-order chi connectivity index (χ1) is 9.19. The summed E-state index contributed by atoms with van der Waals surface area (Å²) in [5, 5.41) is 0. The first-order valence-electron chi connectivity index (χ1n) is 7.24. The number of hydrogen-bond donors (Lipinski definition) is 0. The van der Waals surface area contributed by atoms with Crippen LogP contribution in [0.1, 0.15) is 34.1 Å². The number of amides is 1. The molecule has 0 bridgehead atoms. The van der Waals surface area contributed by atoms with Crippen LogP contribution in [-0.4, -0.2) is 73.3 Å². The van der Waals surface area contributed by atoms with Crippen LogP contribution in [0.3, 0.4) is 0 Å². The second-order valence-corrected chi connectivity index (χ2v) is 6.66. The summed E-state index contributed by atoms with van der Waals surface area (Å²) in [6.45, 7) is 12.7. The van der Waals surface area contributed by atoms with Crippen LogP contribution in [0.2, 0.25) is 0 Å². The average Bonchev–Trinajstić information content (AvgIpc) is 2.37. The van der Waals surface area contributed by atoms with Gasteiger partial charge in [-0.1, -0.05) is 0 Å². The monoisotopic (exact) mass is 308 g/mol. The summed E-state index contributed by atoms with van der Waals surface area (Å²) in [5.41, 5.74) is 0. The molecule has 0 aliphatic heterocycles. The van der Waals surface area contributed by atoms with Gasteiger partial charge in [0.2, 0.25) is 5.91 Å². The second-order valence-electron chi connectivity index (χ2n) is 5.14. The van der Waals surface area contributed by atoms with E-state index < -0.39 is 15.9 Å². The lowest BCUT2D eigenvalue weighted by molar-refractivity contribution is -0.922. The van der Waals surface area contributed by atoms with E-state index >= 15 is 0 Å². The van der Waals surface area contributed by atoms with Crippen LogP contribution in [0.4, 0.5) is 0 Å². The number of quaternary nitrogens is 1. The molecule has 0 rings (SSSR count). The van der Waals surface area contributed by atoms with Gasteiger partial charge in [0.25, 0.3) is 0 Å². The summed E-state index contributed by atoms with van der Waals surface area (Å²) in [6, 6.07) is 0. The fourth-order valence-electron chi connectivity index (χ4n) is 2.34. The van der Waals surface area contributed by atoms with Gasteiger partial charge in [-0.25, -0.2) is 8.42 Å². The van der Waals surface area contributed by atoms with Gasteiger partial charge in [0.15, 0.2) is 0 Å². The molecule has 0 spiro atoms. The van der Waals surface area contributed by atoms with Gasteiger partial charge in [-0.05, 0) is 27.2 Å². The molecule has 7 heteroatoms. The van der Waals surface area contributed by atoms with E-state index in [0.717, 1.165) is 30.7 Å². The van der Waals surface area contributed by atoms with Gasteiger partial charge in [0, 0.05) is 19.2 Å². The van der Waals surface area contributed by atoms with Crippen LogP contribution in [0, 0.1) is 0 Å². The van der Waals surface area contributed by atoms with Gasteiger partial charge in [0.1, 0.15) is 0 Å². The molecule has 0 aliphatic rings. The van der Waals surface area contributed by atoms with Crippen LogP contribution in [0.5, 0.6) is 0 Å². The molecule has 20 heavy (non-hydrogen) atoms. The molecular weight excluding hydrogens is 280 g/mol. The number of carbonyl (C=O) groups is 1. The standard InChI is InChI=1S/C13H28N2O4S/c1-5-15(6-2,7-3)11-10-14(13(4)16)9-8-12-20(17,18)19/h5-12H2,1-4H3. The topological polar surface area (TPSA) is 77.5 Å². The van der Waals surface area contributed by atoms with Gasteiger partial charge in [-0.15, -0.1) is 0 Å². The van der Waals surface area contributed by atoms with Gasteiger partial charge < -0.3 is 13.9 Å². The van der Waals surface area contributed by atoms with Crippen molar-refractivity contribution >= 4 is 16.0 Å². The molecule has 0 aromatic carbocycles. The molecule has 0 heterocycles. The minimum Gasteiger partial charge on any atom is -0.748 e. The smallest absolute Gasteiger partial charge is 0.219 e. The minimum absolute atomic E-state index is 0.0743. The SMILES string of the molecule is CC[N+](CC)(CC)CCN(CCCS(=O)(=O)[O-])C(C)=O. The minimum atomic E-state index is -4.19. The van der Waals surface area contributed by atoms with Gasteiger partial charge in [0.05, 0.1) is 42.8 Å². The first kappa shape index (κ1) is 19.3. The Balaban J connectivity index is 4.45. The van der Waals surface area contributed by atoms with E-state index in [1.54, 1.807) is 4.90 Å². The Morgan fingerprint density at radius 2 is 1.60 bits per heavy atom. The molecule has 120 valence electrons. The second kappa shape index (κ2) is 8.59. The first-order valence-corrected chi connectivity index (χ1v) is 8.81. The Morgan fingerprint density at radius 1 is 1.10 bits per heavy atom. The molecule has 0 aliphatic carbocycles. The highest BCUT2D eigenvalue weighted by Gasteiger charge is 2.22. The predicted molar refractivity (Wildman–Crippen MR) is 78.2 cm³/mol. The predicted octanol–water partition coefficient (Wildman–Crippen LogP) is 0.647. The lowest BCUT2D eigenvalue weighted by Gasteiger charge is -2.37. The van der Waals surface area contributed by atoms with Crippen molar-refractivity contribution in [3.63, 3.8) is 0 Å². The summed E-state index contributed by atoms with van der Waals surface area (Å²) < 4.78 is 32.7. The Labute approximate surface area is 123 Å². The largest absolute Gasteiger partial charge is 0.748 e. The Morgan fingerprint density at radius 3 is 1.95 bits per heavy atom. The van der Waals surface area contributed by atoms with Crippen LogP contribution in [0.15, 0.2) is 0 Å². The van der Waals surface area contributed by atoms with E-state index in [0.29, 0.717) is 13.1 Å². The molecule has 0 radical (unpaired) electrons. The van der Waals surface area contributed by atoms with Gasteiger partial charge >= 0.3 is 0 Å². The zero-order valence-electron chi connectivity index (χ0n) is 13.1. The van der Waals surface area contributed by atoms with Crippen molar-refractivity contribution in [1.29, 1.82) is 0 Å². The molecule has 6 nitrogen and oxygen atoms in total. The Hall–Kier alpha value is -0.660. The average molecular weight is 308 g/mol. The van der Waals surface area contributed by atoms with Crippen molar-refractivity contribution in [2.24, 2.45) is 0 Å². The van der Waals surface area contributed by atoms with Crippen molar-refractivity contribution in [3.8, 4) is 0 Å². The number of likely N-dealkylation sites (N-methyl/N-ethyl adjacent to an activating group) is 1. The molecule has 0 fully saturated rings. The van der Waals surface area contributed by atoms with Gasteiger partial charge in [-0.3, -0.25) is 4.79 Å². The Kier molecular flexibility index (Phi) is 8.30. The molecule has 0 atom stereocenters. The maximum Gasteiger partial charge on any atom is 0.219 e. The third-order valence-electron chi connectivity index (χ3n) is 4.12. The molecule has 0 saturated carbocycles. The molecule has 0 aromatic heterocycles. The highest BCUT2D eigenvalue weighted by Crippen LogP contribution is 2.07. The maximum absolute atomic E-state index is 11.6. The Bertz CT molecular complexity index is 383. The van der Waals surface area contributed by atoms with E-state index in [1.165, 1.54) is 6.92 Å². The zero-order chi connectivity index (χ0) is 15.8. The van der Waals surface area contributed by atoms with Crippen molar-refractivity contribution in [2.75, 3.05) is 45.0 Å². The molecule has 0 saturated heterocycles. The zero-order valence-corrected chi connectivity index (χ0v) is 13.9. The number of carbonyl (C=O) groups excluding carboxylic acids is 1. The highest BCUT2D eigenvalue weighted by molar-refractivity contribution is 7.85. The van der Waals surface area contributed by atoms with Gasteiger partial charge in [-0.2, -0.15) is 0 Å². The van der Waals surface area contributed by atoms with Crippen LogP contribution in [-0.2, 0) is 14.9 Å². The quantitative estimate of drug-likeness (QED) is 0.438. The van der Waals surface area contributed by atoms with E-state index in [1.807, 2.05) is 0 Å². The summed E-state index contributed by atoms with van der Waals surface area (Å²) in [5.74, 6) is -0.485. The van der Waals surface area contributed by atoms with Crippen molar-refractivity contribution in [2.45, 2.75) is 34.1 Å². The molecule has 0 aromatic rings. The lowest BCUT2D eigenvalue weighted by Crippen LogP contribution is -2.52. The van der Waals surface area contributed by atoms with Crippen molar-refractivity contribution in [3.05, 3.63) is 0 Å². The summed E-state index contributed by atoms with van der Waals surface area (Å²) >= 11 is 0. The van der Waals surface area contributed by atoms with E-state index in [2.05, 4.69) is 20.8 Å². The van der Waals surface area contributed by atoms with Crippen molar-refractivity contribution in [1.82, 2.24) is 4.90 Å². The number of rotatable bonds is 10. The summed E-state index contributed by atoms with van der Waals surface area (Å²) in [6.07, 6.45) is 0.204. The summed E-state index contributed by atoms with van der Waals surface area (Å²) in [7, 11) is -4.19. The number of nitrogens with zero attached hydrogens (tertiary/aromatic N) is 2. The van der Waals surface area contributed by atoms with E-state index in [-0.39, 0.29) is 12.3 Å². The number of hydrogen-bond acceptors (Lipinski definition) is 4. The fourth-order valence-corrected chi connectivity index (χ4v) is 2.82. The molecular formula is C13H28N2O4S. The lowest BCUT2D eigenvalue weighted by atomic mass is 10.3. The van der Waals surface area contributed by atoms with Crippen LogP contribution >= 0.6 is 0 Å². The van der Waals surface area contributed by atoms with Crippen molar-refractivity contribution < 1.29 is 22.2 Å². The summed E-state index contributed by atoms with van der Waals surface area (Å²) in [4.78, 5) is 13.2. The van der Waals surface area contributed by atoms with Crippen LogP contribution in [0.25, 0.3) is 0 Å². The third kappa shape index (κ3) is 7.21. The normalized spacial score (nSPS) is 12.4. The molecule has 0 unspecified atom stereocenters. The molecule has 1 amide bonds.